The van der Waals surface area contributed by atoms with Crippen LogP contribution in [0.3, 0.4) is 0 Å². The molecule has 1 unspecified atom stereocenters. The molecule has 2 N–H and O–H groups in total. The van der Waals surface area contributed by atoms with Crippen LogP contribution >= 0.6 is 11.3 Å². The van der Waals surface area contributed by atoms with Gasteiger partial charge in [-0.05, 0) is 55.0 Å². The molecule has 0 radical (unpaired) electrons. The monoisotopic (exact) mass is 306 g/mol. The van der Waals surface area contributed by atoms with Crippen molar-refractivity contribution in [2.24, 2.45) is 11.7 Å². The molecule has 1 aromatic rings. The van der Waals surface area contributed by atoms with Crippen LogP contribution in [0.1, 0.15) is 42.2 Å². The number of fused-ring (bicyclic) bond motifs is 1. The lowest BCUT2D eigenvalue weighted by Gasteiger charge is -2.42. The number of amides is 1. The lowest BCUT2D eigenvalue weighted by molar-refractivity contribution is -0.144. The highest BCUT2D eigenvalue weighted by atomic mass is 32.1. The van der Waals surface area contributed by atoms with Crippen LogP contribution in [-0.4, -0.2) is 36.1 Å². The highest BCUT2D eigenvalue weighted by Gasteiger charge is 2.47. The van der Waals surface area contributed by atoms with Crippen molar-refractivity contribution in [1.29, 1.82) is 0 Å². The number of nitrogens with zero attached hydrogens (tertiary/aromatic N) is 1. The maximum Gasteiger partial charge on any atom is 0.243 e. The van der Waals surface area contributed by atoms with E-state index in [1.807, 2.05) is 11.3 Å². The molecule has 1 aliphatic carbocycles. The fraction of sp³-hybridized carbons (Fsp3) is 0.688. The third-order valence-electron chi connectivity index (χ3n) is 5.15. The van der Waals surface area contributed by atoms with E-state index in [-0.39, 0.29) is 11.9 Å². The van der Waals surface area contributed by atoms with Gasteiger partial charge in [0.15, 0.2) is 0 Å². The average molecular weight is 306 g/mol. The summed E-state index contributed by atoms with van der Waals surface area (Å²) in [7, 11) is 0. The van der Waals surface area contributed by atoms with E-state index >= 15 is 0 Å². The lowest BCUT2D eigenvalue weighted by atomic mass is 9.86. The first-order valence-corrected chi connectivity index (χ1v) is 8.81. The summed E-state index contributed by atoms with van der Waals surface area (Å²) in [6.45, 7) is 2.04. The van der Waals surface area contributed by atoms with Crippen LogP contribution in [0.5, 0.6) is 0 Å². The van der Waals surface area contributed by atoms with Crippen LogP contribution < -0.4 is 5.73 Å². The zero-order valence-electron chi connectivity index (χ0n) is 12.2. The number of hydrogen-bond acceptors (Lipinski definition) is 4. The molecular weight excluding hydrogens is 284 g/mol. The molecule has 4 nitrogen and oxygen atoms in total. The molecule has 114 valence electrons. The highest BCUT2D eigenvalue weighted by molar-refractivity contribution is 7.10. The summed E-state index contributed by atoms with van der Waals surface area (Å²) in [5.41, 5.74) is 7.12. The number of ether oxygens (including phenoxy) is 1. The van der Waals surface area contributed by atoms with Crippen molar-refractivity contribution in [3.63, 3.8) is 0 Å². The van der Waals surface area contributed by atoms with E-state index in [1.165, 1.54) is 23.3 Å². The quantitative estimate of drug-likeness (QED) is 0.910. The van der Waals surface area contributed by atoms with E-state index in [9.17, 15) is 4.79 Å². The van der Waals surface area contributed by atoms with E-state index < -0.39 is 5.54 Å². The number of carbonyl (C=O) groups excluding carboxylic acids is 1. The van der Waals surface area contributed by atoms with Gasteiger partial charge in [-0.2, -0.15) is 0 Å². The Morgan fingerprint density at radius 1 is 1.38 bits per heavy atom. The Labute approximate surface area is 129 Å². The molecule has 0 aromatic carbocycles. The first-order valence-electron chi connectivity index (χ1n) is 7.93. The number of thiophene rings is 1. The van der Waals surface area contributed by atoms with E-state index in [1.54, 1.807) is 0 Å². The minimum atomic E-state index is -0.709. The topological polar surface area (TPSA) is 55.6 Å². The van der Waals surface area contributed by atoms with Crippen molar-refractivity contribution < 1.29 is 9.53 Å². The van der Waals surface area contributed by atoms with Gasteiger partial charge in [-0.15, -0.1) is 11.3 Å². The van der Waals surface area contributed by atoms with Crippen molar-refractivity contribution in [2.45, 2.75) is 43.7 Å². The number of carbonyl (C=O) groups is 1. The summed E-state index contributed by atoms with van der Waals surface area (Å²) in [6.07, 6.45) is 4.76. The van der Waals surface area contributed by atoms with Gasteiger partial charge in [-0.3, -0.25) is 4.79 Å². The summed E-state index contributed by atoms with van der Waals surface area (Å²) >= 11 is 1.83. The van der Waals surface area contributed by atoms with Crippen molar-refractivity contribution in [2.75, 3.05) is 19.8 Å². The Hall–Kier alpha value is -0.910. The number of nitrogens with two attached hydrogens (primary N) is 1. The fourth-order valence-corrected chi connectivity index (χ4v) is 4.64. The summed E-state index contributed by atoms with van der Waals surface area (Å²) in [5.74, 6) is 0.797. The summed E-state index contributed by atoms with van der Waals surface area (Å²) < 4.78 is 5.38. The van der Waals surface area contributed by atoms with Crippen LogP contribution in [0.4, 0.5) is 0 Å². The number of hydrogen-bond donors (Lipinski definition) is 1. The maximum absolute atomic E-state index is 13.1. The van der Waals surface area contributed by atoms with Gasteiger partial charge in [0.1, 0.15) is 0 Å². The van der Waals surface area contributed by atoms with Crippen LogP contribution in [0.15, 0.2) is 11.4 Å². The largest absolute Gasteiger partial charge is 0.381 e. The van der Waals surface area contributed by atoms with Crippen molar-refractivity contribution >= 4 is 17.2 Å². The van der Waals surface area contributed by atoms with Gasteiger partial charge in [0.25, 0.3) is 0 Å². The lowest BCUT2D eigenvalue weighted by Crippen LogP contribution is -2.59. The minimum absolute atomic E-state index is 0.152. The van der Waals surface area contributed by atoms with Gasteiger partial charge in [0.2, 0.25) is 5.91 Å². The average Bonchev–Trinajstić information content (AvgIpc) is 3.22. The SMILES string of the molecule is NC1(C(=O)N2CCc3sccc3C2C2CC2)CCOCC1. The van der Waals surface area contributed by atoms with Crippen molar-refractivity contribution in [3.8, 4) is 0 Å². The molecular formula is C16H22N2O2S. The minimum Gasteiger partial charge on any atom is -0.381 e. The van der Waals surface area contributed by atoms with Gasteiger partial charge < -0.3 is 15.4 Å². The Balaban J connectivity index is 1.63. The molecule has 0 bridgehead atoms. The van der Waals surface area contributed by atoms with Crippen molar-refractivity contribution in [3.05, 3.63) is 21.9 Å². The Morgan fingerprint density at radius 2 is 2.14 bits per heavy atom. The molecule has 2 fully saturated rings. The molecule has 1 atom stereocenters. The molecule has 3 aliphatic rings. The highest BCUT2D eigenvalue weighted by Crippen LogP contribution is 2.49. The molecule has 1 saturated heterocycles. The zero-order chi connectivity index (χ0) is 14.4. The summed E-state index contributed by atoms with van der Waals surface area (Å²) in [4.78, 5) is 16.7. The first-order chi connectivity index (χ1) is 10.2. The second-order valence-corrected chi connectivity index (χ2v) is 7.60. The first kappa shape index (κ1) is 13.7. The van der Waals surface area contributed by atoms with Crippen LogP contribution in [0, 0.1) is 5.92 Å². The van der Waals surface area contributed by atoms with Gasteiger partial charge in [0.05, 0.1) is 11.6 Å². The smallest absolute Gasteiger partial charge is 0.243 e. The normalized spacial score (nSPS) is 28.2. The number of rotatable bonds is 2. The fourth-order valence-electron chi connectivity index (χ4n) is 3.73. The van der Waals surface area contributed by atoms with Gasteiger partial charge in [-0.25, -0.2) is 0 Å². The van der Waals surface area contributed by atoms with Gasteiger partial charge in [-0.1, -0.05) is 0 Å². The van der Waals surface area contributed by atoms with Crippen LogP contribution in [0.2, 0.25) is 0 Å². The predicted octanol–water partition coefficient (Wildman–Crippen LogP) is 2.09. The predicted molar refractivity (Wildman–Crippen MR) is 82.2 cm³/mol. The third kappa shape index (κ3) is 2.31. The third-order valence-corrected chi connectivity index (χ3v) is 6.15. The molecule has 0 spiro atoms. The second kappa shape index (κ2) is 5.07. The van der Waals surface area contributed by atoms with Crippen LogP contribution in [-0.2, 0) is 16.0 Å². The van der Waals surface area contributed by atoms with Crippen molar-refractivity contribution in [1.82, 2.24) is 4.90 Å². The molecule has 1 aromatic heterocycles. The maximum atomic E-state index is 13.1. The molecule has 1 saturated carbocycles. The van der Waals surface area contributed by atoms with Gasteiger partial charge >= 0.3 is 0 Å². The van der Waals surface area contributed by atoms with Crippen LogP contribution in [0.25, 0.3) is 0 Å². The van der Waals surface area contributed by atoms with E-state index in [0.29, 0.717) is 32.0 Å². The molecule has 2 aliphatic heterocycles. The molecule has 1 amide bonds. The van der Waals surface area contributed by atoms with Gasteiger partial charge in [0, 0.05) is 24.6 Å². The Kier molecular flexibility index (Phi) is 3.32. The molecule has 3 heterocycles. The van der Waals surface area contributed by atoms with E-state index in [0.717, 1.165) is 13.0 Å². The second-order valence-electron chi connectivity index (χ2n) is 6.60. The Morgan fingerprint density at radius 3 is 2.86 bits per heavy atom. The molecule has 4 rings (SSSR count). The van der Waals surface area contributed by atoms with E-state index in [2.05, 4.69) is 16.3 Å². The summed E-state index contributed by atoms with van der Waals surface area (Å²) in [5, 5.41) is 2.17. The zero-order valence-corrected chi connectivity index (χ0v) is 13.0. The van der Waals surface area contributed by atoms with E-state index in [4.69, 9.17) is 10.5 Å². The Bertz CT molecular complexity index is 546. The molecule has 21 heavy (non-hydrogen) atoms. The summed E-state index contributed by atoms with van der Waals surface area (Å²) in [6, 6.07) is 2.49. The molecule has 5 heteroatoms. The standard InChI is InChI=1S/C16H22N2O2S/c17-16(5-8-20-9-6-16)15(19)18-7-3-13-12(4-10-21-13)14(18)11-1-2-11/h4,10-11,14H,1-3,5-9,17H2.